The molecule has 2 rings (SSSR count). The van der Waals surface area contributed by atoms with Gasteiger partial charge in [-0.25, -0.2) is 4.39 Å². The lowest BCUT2D eigenvalue weighted by atomic mass is 9.82. The first-order chi connectivity index (χ1) is 14.1. The highest BCUT2D eigenvalue weighted by atomic mass is 19.1. The highest BCUT2D eigenvalue weighted by Crippen LogP contribution is 2.33. The van der Waals surface area contributed by atoms with Crippen LogP contribution in [-0.2, 0) is 9.59 Å². The van der Waals surface area contributed by atoms with E-state index in [1.54, 1.807) is 36.4 Å². The van der Waals surface area contributed by atoms with Gasteiger partial charge in [0.2, 0.25) is 5.91 Å². The molecule has 2 aromatic rings. The molecule has 0 heterocycles. The molecule has 0 fully saturated rings. The number of carbonyl (C=O) groups is 2. The molecule has 0 aliphatic carbocycles. The summed E-state index contributed by atoms with van der Waals surface area (Å²) in [6.07, 6.45) is 3.06. The SMILES string of the molecule is COc1cc(/C=C/C(=O)NC(c2ccc(F)cc2)C(C)(C)C)ccc1OCC(N)=O. The van der Waals surface area contributed by atoms with Gasteiger partial charge in [-0.15, -0.1) is 0 Å². The van der Waals surface area contributed by atoms with Crippen molar-refractivity contribution < 1.29 is 23.5 Å². The van der Waals surface area contributed by atoms with Crippen LogP contribution < -0.4 is 20.5 Å². The molecule has 30 heavy (non-hydrogen) atoms. The molecule has 1 atom stereocenters. The zero-order valence-corrected chi connectivity index (χ0v) is 17.6. The summed E-state index contributed by atoms with van der Waals surface area (Å²) in [6, 6.07) is 10.8. The number of hydrogen-bond donors (Lipinski definition) is 2. The Kier molecular flexibility index (Phi) is 7.58. The standard InChI is InChI=1S/C23H27FN2O4/c1-23(2,3)22(16-7-9-17(24)10-8-16)26-21(28)12-6-15-5-11-18(19(13-15)29-4)30-14-20(25)27/h5-13,22H,14H2,1-4H3,(H2,25,27)(H,26,28)/b12-6+. The monoisotopic (exact) mass is 414 g/mol. The predicted octanol–water partition coefficient (Wildman–Crippen LogP) is 3.62. The van der Waals surface area contributed by atoms with Gasteiger partial charge in [0.05, 0.1) is 13.2 Å². The van der Waals surface area contributed by atoms with E-state index in [-0.39, 0.29) is 29.8 Å². The Morgan fingerprint density at radius 1 is 1.13 bits per heavy atom. The first-order valence-corrected chi connectivity index (χ1v) is 9.43. The van der Waals surface area contributed by atoms with Gasteiger partial charge in [-0.2, -0.15) is 0 Å². The molecule has 0 aliphatic heterocycles. The zero-order chi connectivity index (χ0) is 22.3. The van der Waals surface area contributed by atoms with Crippen LogP contribution in [0.15, 0.2) is 48.5 Å². The summed E-state index contributed by atoms with van der Waals surface area (Å²) in [6.45, 7) is 5.74. The van der Waals surface area contributed by atoms with E-state index in [9.17, 15) is 14.0 Å². The number of primary amides is 1. The van der Waals surface area contributed by atoms with E-state index in [0.29, 0.717) is 17.1 Å². The Morgan fingerprint density at radius 2 is 1.80 bits per heavy atom. The summed E-state index contributed by atoms with van der Waals surface area (Å²) in [5.74, 6) is -0.408. The molecule has 6 nitrogen and oxygen atoms in total. The molecule has 1 unspecified atom stereocenters. The van der Waals surface area contributed by atoms with Gasteiger partial charge in [-0.05, 0) is 46.9 Å². The molecule has 0 bridgehead atoms. The largest absolute Gasteiger partial charge is 0.493 e. The highest BCUT2D eigenvalue weighted by Gasteiger charge is 2.27. The van der Waals surface area contributed by atoms with E-state index in [1.165, 1.54) is 25.3 Å². The van der Waals surface area contributed by atoms with Crippen LogP contribution in [0.4, 0.5) is 4.39 Å². The van der Waals surface area contributed by atoms with Gasteiger partial charge in [-0.1, -0.05) is 39.0 Å². The van der Waals surface area contributed by atoms with Crippen LogP contribution in [0.5, 0.6) is 11.5 Å². The van der Waals surface area contributed by atoms with Crippen LogP contribution in [0.3, 0.4) is 0 Å². The lowest BCUT2D eigenvalue weighted by Gasteiger charge is -2.31. The molecule has 2 amide bonds. The molecular formula is C23H27FN2O4. The second-order valence-electron chi connectivity index (χ2n) is 7.86. The first-order valence-electron chi connectivity index (χ1n) is 9.43. The Hall–Kier alpha value is -3.35. The third kappa shape index (κ3) is 6.62. The van der Waals surface area contributed by atoms with Gasteiger partial charge in [0, 0.05) is 6.08 Å². The fourth-order valence-corrected chi connectivity index (χ4v) is 2.87. The Morgan fingerprint density at radius 3 is 2.37 bits per heavy atom. The van der Waals surface area contributed by atoms with E-state index in [0.717, 1.165) is 5.56 Å². The predicted molar refractivity (Wildman–Crippen MR) is 113 cm³/mol. The van der Waals surface area contributed by atoms with Gasteiger partial charge >= 0.3 is 0 Å². The average Bonchev–Trinajstić information content (AvgIpc) is 2.69. The zero-order valence-electron chi connectivity index (χ0n) is 17.6. The minimum atomic E-state index is -0.591. The third-order valence-electron chi connectivity index (χ3n) is 4.34. The minimum absolute atomic E-state index is 0.258. The molecule has 0 aliphatic rings. The molecule has 2 aromatic carbocycles. The summed E-state index contributed by atoms with van der Waals surface area (Å²) in [5, 5.41) is 2.98. The van der Waals surface area contributed by atoms with Gasteiger partial charge in [-0.3, -0.25) is 9.59 Å². The van der Waals surface area contributed by atoms with Crippen LogP contribution in [0, 0.1) is 11.2 Å². The molecule has 160 valence electrons. The Labute approximate surface area is 175 Å². The number of nitrogens with one attached hydrogen (secondary N) is 1. The van der Waals surface area contributed by atoms with Gasteiger partial charge in [0.1, 0.15) is 5.82 Å². The van der Waals surface area contributed by atoms with E-state index in [2.05, 4.69) is 5.32 Å². The van der Waals surface area contributed by atoms with Crippen molar-refractivity contribution in [3.05, 3.63) is 65.5 Å². The minimum Gasteiger partial charge on any atom is -0.493 e. The lowest BCUT2D eigenvalue weighted by Crippen LogP contribution is -2.35. The molecule has 0 spiro atoms. The number of carbonyl (C=O) groups excluding carboxylic acids is 2. The van der Waals surface area contributed by atoms with E-state index >= 15 is 0 Å². The van der Waals surface area contributed by atoms with Crippen molar-refractivity contribution in [1.29, 1.82) is 0 Å². The number of amides is 2. The van der Waals surface area contributed by atoms with Crippen LogP contribution in [-0.4, -0.2) is 25.5 Å². The van der Waals surface area contributed by atoms with E-state index in [4.69, 9.17) is 15.2 Å². The number of halogens is 1. The van der Waals surface area contributed by atoms with Crippen molar-refractivity contribution in [3.63, 3.8) is 0 Å². The van der Waals surface area contributed by atoms with Crippen molar-refractivity contribution in [3.8, 4) is 11.5 Å². The third-order valence-corrected chi connectivity index (χ3v) is 4.34. The summed E-state index contributed by atoms with van der Waals surface area (Å²) in [4.78, 5) is 23.4. The first kappa shape index (κ1) is 22.9. The fraction of sp³-hybridized carbons (Fsp3) is 0.304. The molecule has 0 saturated carbocycles. The number of methoxy groups -OCH3 is 1. The van der Waals surface area contributed by atoms with Crippen LogP contribution in [0.2, 0.25) is 0 Å². The normalized spacial score (nSPS) is 12.4. The van der Waals surface area contributed by atoms with E-state index < -0.39 is 5.91 Å². The smallest absolute Gasteiger partial charge is 0.255 e. The van der Waals surface area contributed by atoms with Crippen molar-refractivity contribution in [2.24, 2.45) is 11.1 Å². The van der Waals surface area contributed by atoms with E-state index in [1.807, 2.05) is 20.8 Å². The summed E-state index contributed by atoms with van der Waals surface area (Å²) in [7, 11) is 1.48. The topological polar surface area (TPSA) is 90.7 Å². The van der Waals surface area contributed by atoms with Gasteiger partial charge < -0.3 is 20.5 Å². The number of ether oxygens (including phenoxy) is 2. The van der Waals surface area contributed by atoms with Crippen LogP contribution in [0.25, 0.3) is 6.08 Å². The van der Waals surface area contributed by atoms with Crippen LogP contribution >= 0.6 is 0 Å². The van der Waals surface area contributed by atoms with Crippen molar-refractivity contribution >= 4 is 17.9 Å². The highest BCUT2D eigenvalue weighted by molar-refractivity contribution is 5.92. The molecule has 7 heteroatoms. The molecular weight excluding hydrogens is 387 g/mol. The molecule has 0 aromatic heterocycles. The van der Waals surface area contributed by atoms with Crippen molar-refractivity contribution in [2.75, 3.05) is 13.7 Å². The maximum atomic E-state index is 13.3. The fourth-order valence-electron chi connectivity index (χ4n) is 2.87. The van der Waals surface area contributed by atoms with Gasteiger partial charge in [0.15, 0.2) is 18.1 Å². The average molecular weight is 414 g/mol. The molecule has 3 N–H and O–H groups in total. The van der Waals surface area contributed by atoms with Crippen molar-refractivity contribution in [2.45, 2.75) is 26.8 Å². The Bertz CT molecular complexity index is 918. The summed E-state index contributed by atoms with van der Waals surface area (Å²) < 4.78 is 23.8. The molecule has 0 radical (unpaired) electrons. The summed E-state index contributed by atoms with van der Waals surface area (Å²) >= 11 is 0. The van der Waals surface area contributed by atoms with Crippen molar-refractivity contribution in [1.82, 2.24) is 5.32 Å². The van der Waals surface area contributed by atoms with Crippen LogP contribution in [0.1, 0.15) is 37.9 Å². The maximum absolute atomic E-state index is 13.3. The number of benzene rings is 2. The Balaban J connectivity index is 2.13. The lowest BCUT2D eigenvalue weighted by molar-refractivity contribution is -0.120. The van der Waals surface area contributed by atoms with Gasteiger partial charge in [0.25, 0.3) is 5.91 Å². The maximum Gasteiger partial charge on any atom is 0.255 e. The second-order valence-corrected chi connectivity index (χ2v) is 7.86. The molecule has 0 saturated heterocycles. The number of nitrogens with two attached hydrogens (primary N) is 1. The number of hydrogen-bond acceptors (Lipinski definition) is 4. The second kappa shape index (κ2) is 9.91. The summed E-state index contributed by atoms with van der Waals surface area (Å²) in [5.41, 5.74) is 6.34. The number of rotatable bonds is 8. The quantitative estimate of drug-likeness (QED) is 0.646.